The van der Waals surface area contributed by atoms with Crippen LogP contribution in [0, 0.1) is 0 Å². The average molecular weight is 279 g/mol. The molecule has 1 aromatic rings. The quantitative estimate of drug-likeness (QED) is 0.720. The van der Waals surface area contributed by atoms with E-state index in [-0.39, 0.29) is 5.69 Å². The molecule has 0 fully saturated rings. The normalized spacial score (nSPS) is 10.9. The highest BCUT2D eigenvalue weighted by Crippen LogP contribution is 2.27. The highest BCUT2D eigenvalue weighted by atomic mass is 19.4. The summed E-state index contributed by atoms with van der Waals surface area (Å²) in [6.45, 7) is -0.751. The summed E-state index contributed by atoms with van der Waals surface area (Å²) in [6, 6.07) is 0.739. The molecule has 0 atom stereocenters. The lowest BCUT2D eigenvalue weighted by atomic mass is 10.3. The van der Waals surface area contributed by atoms with E-state index in [0.29, 0.717) is 6.07 Å². The minimum absolute atomic E-state index is 0.00979. The number of nitrogens with one attached hydrogen (secondary N) is 2. The maximum Gasteiger partial charge on any atom is 0.433 e. The number of hydrogen-bond acceptors (Lipinski definition) is 4. The molecular weight excluding hydrogens is 271 g/mol. The average Bonchev–Trinajstić information content (AvgIpc) is 2.27. The van der Waals surface area contributed by atoms with Crippen LogP contribution in [-0.2, 0) is 15.8 Å². The molecule has 1 heterocycles. The molecular formula is C9H8F3N3O4. The van der Waals surface area contributed by atoms with Crippen LogP contribution in [0.2, 0.25) is 0 Å². The molecule has 0 unspecified atom stereocenters. The molecule has 0 aliphatic heterocycles. The Morgan fingerprint density at radius 2 is 2.05 bits per heavy atom. The summed E-state index contributed by atoms with van der Waals surface area (Å²) in [7, 11) is 0. The van der Waals surface area contributed by atoms with Crippen molar-refractivity contribution in [1.82, 2.24) is 10.5 Å². The number of nitrogens with zero attached hydrogens (tertiary/aromatic N) is 1. The predicted octanol–water partition coefficient (Wildman–Crippen LogP) is 1.24. The van der Waals surface area contributed by atoms with Gasteiger partial charge in [0.05, 0.1) is 11.9 Å². The van der Waals surface area contributed by atoms with Crippen molar-refractivity contribution in [2.24, 2.45) is 0 Å². The summed E-state index contributed by atoms with van der Waals surface area (Å²) in [5.41, 5.74) is 0.620. The van der Waals surface area contributed by atoms with Crippen LogP contribution in [-0.4, -0.2) is 28.7 Å². The van der Waals surface area contributed by atoms with Gasteiger partial charge in [-0.25, -0.2) is 20.1 Å². The van der Waals surface area contributed by atoms with E-state index in [1.54, 1.807) is 5.48 Å². The first-order chi connectivity index (χ1) is 8.79. The maximum absolute atomic E-state index is 12.2. The van der Waals surface area contributed by atoms with Gasteiger partial charge in [-0.2, -0.15) is 13.2 Å². The van der Waals surface area contributed by atoms with Gasteiger partial charge >= 0.3 is 18.2 Å². The van der Waals surface area contributed by atoms with E-state index in [2.05, 4.69) is 15.1 Å². The van der Waals surface area contributed by atoms with Crippen LogP contribution in [0.3, 0.4) is 0 Å². The first-order valence-electron chi connectivity index (χ1n) is 4.73. The number of carboxylic acid groups (broad SMARTS) is 1. The Kier molecular flexibility index (Phi) is 4.64. The lowest BCUT2D eigenvalue weighted by Gasteiger charge is -2.08. The molecule has 0 bridgehead atoms. The van der Waals surface area contributed by atoms with Crippen LogP contribution in [0.15, 0.2) is 18.3 Å². The minimum atomic E-state index is -4.56. The number of carbonyl (C=O) groups is 2. The second-order valence-electron chi connectivity index (χ2n) is 3.17. The SMILES string of the molecule is O=C(O)CONC(=O)Nc1ccc(C(F)(F)F)nc1. The Morgan fingerprint density at radius 3 is 2.53 bits per heavy atom. The van der Waals surface area contributed by atoms with Crippen molar-refractivity contribution in [3.8, 4) is 0 Å². The van der Waals surface area contributed by atoms with Gasteiger partial charge in [-0.3, -0.25) is 4.84 Å². The van der Waals surface area contributed by atoms with Gasteiger partial charge < -0.3 is 10.4 Å². The Balaban J connectivity index is 2.49. The summed E-state index contributed by atoms with van der Waals surface area (Å²) in [6.07, 6.45) is -3.76. The van der Waals surface area contributed by atoms with Gasteiger partial charge in [0.2, 0.25) is 0 Å². The van der Waals surface area contributed by atoms with Crippen LogP contribution in [0.4, 0.5) is 23.7 Å². The van der Waals surface area contributed by atoms with Gasteiger partial charge in [-0.15, -0.1) is 0 Å². The number of aliphatic carboxylic acids is 1. The number of urea groups is 1. The van der Waals surface area contributed by atoms with Crippen LogP contribution in [0.25, 0.3) is 0 Å². The molecule has 1 aromatic heterocycles. The highest BCUT2D eigenvalue weighted by Gasteiger charge is 2.32. The first kappa shape index (κ1) is 14.7. The molecule has 0 aliphatic carbocycles. The summed E-state index contributed by atoms with van der Waals surface area (Å²) >= 11 is 0. The highest BCUT2D eigenvalue weighted by molar-refractivity contribution is 5.88. The van der Waals surface area contributed by atoms with Crippen LogP contribution >= 0.6 is 0 Å². The third-order valence-electron chi connectivity index (χ3n) is 1.67. The van der Waals surface area contributed by atoms with Gasteiger partial charge in [-0.1, -0.05) is 0 Å². The minimum Gasteiger partial charge on any atom is -0.479 e. The predicted molar refractivity (Wildman–Crippen MR) is 55.0 cm³/mol. The van der Waals surface area contributed by atoms with Crippen molar-refractivity contribution >= 4 is 17.7 Å². The van der Waals surface area contributed by atoms with Crippen LogP contribution in [0.5, 0.6) is 0 Å². The molecule has 2 amide bonds. The lowest BCUT2D eigenvalue weighted by molar-refractivity contribution is -0.144. The second kappa shape index (κ2) is 6.00. The molecule has 0 spiro atoms. The number of rotatable bonds is 4. The molecule has 10 heteroatoms. The smallest absolute Gasteiger partial charge is 0.433 e. The van der Waals surface area contributed by atoms with E-state index in [1.807, 2.05) is 0 Å². The van der Waals surface area contributed by atoms with Crippen molar-refractivity contribution in [2.45, 2.75) is 6.18 Å². The number of aromatic nitrogens is 1. The van der Waals surface area contributed by atoms with Crippen LogP contribution < -0.4 is 10.8 Å². The molecule has 1 rings (SSSR count). The topological polar surface area (TPSA) is 101 Å². The zero-order valence-electron chi connectivity index (χ0n) is 9.19. The third kappa shape index (κ3) is 5.21. The van der Waals surface area contributed by atoms with E-state index in [1.165, 1.54) is 0 Å². The molecule has 0 aliphatic rings. The number of anilines is 1. The summed E-state index contributed by atoms with van der Waals surface area (Å²) in [5, 5.41) is 10.3. The van der Waals surface area contributed by atoms with Gasteiger partial charge in [0.15, 0.2) is 6.61 Å². The van der Waals surface area contributed by atoms with Crippen molar-refractivity contribution in [2.75, 3.05) is 11.9 Å². The number of hydroxylamine groups is 1. The molecule has 104 valence electrons. The number of hydrogen-bond donors (Lipinski definition) is 3. The fourth-order valence-electron chi connectivity index (χ4n) is 0.955. The number of halogens is 3. The first-order valence-corrected chi connectivity index (χ1v) is 4.73. The largest absolute Gasteiger partial charge is 0.479 e. The van der Waals surface area contributed by atoms with Gasteiger partial charge in [0.25, 0.3) is 0 Å². The fraction of sp³-hybridized carbons (Fsp3) is 0.222. The fourth-order valence-corrected chi connectivity index (χ4v) is 0.955. The molecule has 7 nitrogen and oxygen atoms in total. The molecule has 0 saturated carbocycles. The number of alkyl halides is 3. The lowest BCUT2D eigenvalue weighted by Crippen LogP contribution is -2.30. The number of amides is 2. The third-order valence-corrected chi connectivity index (χ3v) is 1.67. The molecule has 19 heavy (non-hydrogen) atoms. The van der Waals surface area contributed by atoms with Crippen molar-refractivity contribution < 1.29 is 32.7 Å². The van der Waals surface area contributed by atoms with E-state index >= 15 is 0 Å². The summed E-state index contributed by atoms with van der Waals surface area (Å²) in [4.78, 5) is 28.5. The standard InChI is InChI=1S/C9H8F3N3O4/c10-9(11,12)6-2-1-5(3-13-6)14-8(18)15-19-4-7(16)17/h1-3H,4H2,(H,16,17)(H2,14,15,18). The van der Waals surface area contributed by atoms with Crippen molar-refractivity contribution in [3.63, 3.8) is 0 Å². The van der Waals surface area contributed by atoms with E-state index in [4.69, 9.17) is 5.11 Å². The number of pyridine rings is 1. The monoisotopic (exact) mass is 279 g/mol. The Bertz CT molecular complexity index is 461. The number of carboxylic acids is 1. The van der Waals surface area contributed by atoms with E-state index in [0.717, 1.165) is 12.3 Å². The van der Waals surface area contributed by atoms with Gasteiger partial charge in [-0.05, 0) is 12.1 Å². The summed E-state index contributed by atoms with van der Waals surface area (Å²) < 4.78 is 36.6. The second-order valence-corrected chi connectivity index (χ2v) is 3.17. The zero-order valence-corrected chi connectivity index (χ0v) is 9.19. The van der Waals surface area contributed by atoms with E-state index < -0.39 is 30.5 Å². The Morgan fingerprint density at radius 1 is 1.37 bits per heavy atom. The molecule has 0 saturated heterocycles. The van der Waals surface area contributed by atoms with Crippen molar-refractivity contribution in [1.29, 1.82) is 0 Å². The molecule has 3 N–H and O–H groups in total. The van der Waals surface area contributed by atoms with Crippen molar-refractivity contribution in [3.05, 3.63) is 24.0 Å². The summed E-state index contributed by atoms with van der Waals surface area (Å²) in [5.74, 6) is -1.29. The Hall–Kier alpha value is -2.36. The maximum atomic E-state index is 12.2. The number of carbonyl (C=O) groups excluding carboxylic acids is 1. The molecule has 0 aromatic carbocycles. The van der Waals surface area contributed by atoms with E-state index in [9.17, 15) is 22.8 Å². The van der Waals surface area contributed by atoms with Crippen LogP contribution in [0.1, 0.15) is 5.69 Å². The van der Waals surface area contributed by atoms with Gasteiger partial charge in [0.1, 0.15) is 5.69 Å². The zero-order chi connectivity index (χ0) is 14.5. The van der Waals surface area contributed by atoms with Gasteiger partial charge in [0, 0.05) is 0 Å². The molecule has 0 radical (unpaired) electrons. The Labute approximate surface area is 104 Å².